The second-order valence-electron chi connectivity index (χ2n) is 8.14. The predicted octanol–water partition coefficient (Wildman–Crippen LogP) is 3.98. The molecule has 2 aromatic rings. The zero-order valence-corrected chi connectivity index (χ0v) is 18.8. The van der Waals surface area contributed by atoms with E-state index >= 15 is 0 Å². The van der Waals surface area contributed by atoms with E-state index in [2.05, 4.69) is 5.32 Å². The molecule has 6 nitrogen and oxygen atoms in total. The lowest BCUT2D eigenvalue weighted by Crippen LogP contribution is -2.51. The molecule has 1 N–H and O–H groups in total. The quantitative estimate of drug-likeness (QED) is 0.708. The van der Waals surface area contributed by atoms with Gasteiger partial charge in [0.2, 0.25) is 11.8 Å². The van der Waals surface area contributed by atoms with Crippen molar-refractivity contribution in [3.05, 3.63) is 53.8 Å². The minimum absolute atomic E-state index is 0.184. The number of halogens is 1. The Kier molecular flexibility index (Phi) is 6.79. The van der Waals surface area contributed by atoms with Gasteiger partial charge in [0.15, 0.2) is 5.25 Å². The van der Waals surface area contributed by atoms with Gasteiger partial charge in [-0.2, -0.15) is 0 Å². The summed E-state index contributed by atoms with van der Waals surface area (Å²) >= 11 is 1.26. The third-order valence-electron chi connectivity index (χ3n) is 5.80. The topological polar surface area (TPSA) is 69.7 Å². The number of hydrogen-bond acceptors (Lipinski definition) is 4. The molecule has 2 aliphatic heterocycles. The van der Waals surface area contributed by atoms with Crippen molar-refractivity contribution < 1.29 is 18.8 Å². The Morgan fingerprint density at radius 2 is 1.81 bits per heavy atom. The van der Waals surface area contributed by atoms with Gasteiger partial charge in [0.1, 0.15) is 12.4 Å². The SMILES string of the molecule is Cc1cc(F)ccc1NC(=O)CN1C(=O)[C@H](C(=O)N2CCCCCC2)Sc2ccccc21. The summed E-state index contributed by atoms with van der Waals surface area (Å²) in [7, 11) is 0. The predicted molar refractivity (Wildman–Crippen MR) is 123 cm³/mol. The number of fused-ring (bicyclic) bond motifs is 1. The minimum atomic E-state index is -0.900. The van der Waals surface area contributed by atoms with Crippen molar-refractivity contribution in [3.63, 3.8) is 0 Å². The van der Waals surface area contributed by atoms with Crippen LogP contribution in [0.25, 0.3) is 0 Å². The maximum atomic E-state index is 13.4. The number of carbonyl (C=O) groups excluding carboxylic acids is 3. The van der Waals surface area contributed by atoms with Gasteiger partial charge in [0.05, 0.1) is 5.69 Å². The second kappa shape index (κ2) is 9.73. The van der Waals surface area contributed by atoms with Crippen LogP contribution in [0.2, 0.25) is 0 Å². The monoisotopic (exact) mass is 455 g/mol. The van der Waals surface area contributed by atoms with Crippen LogP contribution in [0.5, 0.6) is 0 Å². The molecule has 3 amide bonds. The average molecular weight is 456 g/mol. The largest absolute Gasteiger partial charge is 0.341 e. The van der Waals surface area contributed by atoms with Crippen LogP contribution in [0.15, 0.2) is 47.4 Å². The van der Waals surface area contributed by atoms with E-state index < -0.39 is 11.2 Å². The average Bonchev–Trinajstić information content (AvgIpc) is 3.07. The van der Waals surface area contributed by atoms with E-state index in [9.17, 15) is 18.8 Å². The molecule has 4 rings (SSSR count). The molecule has 0 aliphatic carbocycles. The van der Waals surface area contributed by atoms with Crippen molar-refractivity contribution in [2.75, 3.05) is 29.9 Å². The molecule has 1 atom stereocenters. The number of anilines is 2. The zero-order valence-electron chi connectivity index (χ0n) is 18.0. The molecule has 168 valence electrons. The number of nitrogens with one attached hydrogen (secondary N) is 1. The van der Waals surface area contributed by atoms with Gasteiger partial charge in [-0.05, 0) is 55.7 Å². The summed E-state index contributed by atoms with van der Waals surface area (Å²) in [6.45, 7) is 2.80. The number of para-hydroxylation sites is 1. The van der Waals surface area contributed by atoms with Crippen molar-refractivity contribution in [2.45, 2.75) is 42.8 Å². The fraction of sp³-hybridized carbons (Fsp3) is 0.375. The molecule has 0 aromatic heterocycles. The van der Waals surface area contributed by atoms with Crippen LogP contribution in [-0.2, 0) is 14.4 Å². The molecule has 8 heteroatoms. The fourth-order valence-corrected chi connectivity index (χ4v) is 5.28. The highest BCUT2D eigenvalue weighted by atomic mass is 32.2. The molecule has 0 unspecified atom stereocenters. The second-order valence-corrected chi connectivity index (χ2v) is 9.28. The van der Waals surface area contributed by atoms with E-state index in [1.54, 1.807) is 24.0 Å². The highest BCUT2D eigenvalue weighted by Crippen LogP contribution is 2.40. The first-order valence-electron chi connectivity index (χ1n) is 10.9. The number of hydrogen-bond donors (Lipinski definition) is 1. The number of carbonyl (C=O) groups is 3. The Hall–Kier alpha value is -2.87. The Balaban J connectivity index is 1.55. The van der Waals surface area contributed by atoms with Crippen LogP contribution in [-0.4, -0.2) is 47.5 Å². The van der Waals surface area contributed by atoms with Gasteiger partial charge in [-0.25, -0.2) is 4.39 Å². The van der Waals surface area contributed by atoms with Crippen molar-refractivity contribution in [3.8, 4) is 0 Å². The first-order chi connectivity index (χ1) is 15.4. The first-order valence-corrected chi connectivity index (χ1v) is 11.7. The molecule has 2 aromatic carbocycles. The molecule has 0 bridgehead atoms. The Bertz CT molecular complexity index is 1040. The normalized spacial score (nSPS) is 18.7. The van der Waals surface area contributed by atoms with Gasteiger partial charge in [0, 0.05) is 23.7 Å². The highest BCUT2D eigenvalue weighted by molar-refractivity contribution is 8.01. The van der Waals surface area contributed by atoms with E-state index in [0.29, 0.717) is 30.0 Å². The summed E-state index contributed by atoms with van der Waals surface area (Å²) in [6, 6.07) is 11.4. The van der Waals surface area contributed by atoms with Gasteiger partial charge in [-0.15, -0.1) is 11.8 Å². The molecule has 1 fully saturated rings. The molecule has 2 heterocycles. The number of likely N-dealkylation sites (tertiary alicyclic amines) is 1. The van der Waals surface area contributed by atoms with Crippen molar-refractivity contribution in [1.82, 2.24) is 4.90 Å². The molecule has 0 spiro atoms. The fourth-order valence-electron chi connectivity index (χ4n) is 4.09. The van der Waals surface area contributed by atoms with Gasteiger partial charge >= 0.3 is 0 Å². The van der Waals surface area contributed by atoms with E-state index in [4.69, 9.17) is 0 Å². The van der Waals surface area contributed by atoms with Crippen molar-refractivity contribution in [2.24, 2.45) is 0 Å². The number of nitrogens with zero attached hydrogens (tertiary/aromatic N) is 2. The minimum Gasteiger partial charge on any atom is -0.341 e. The lowest BCUT2D eigenvalue weighted by molar-refractivity contribution is -0.135. The van der Waals surface area contributed by atoms with Gasteiger partial charge in [0.25, 0.3) is 5.91 Å². The third-order valence-corrected chi connectivity index (χ3v) is 7.04. The van der Waals surface area contributed by atoms with Gasteiger partial charge < -0.3 is 15.1 Å². The number of rotatable bonds is 4. The zero-order chi connectivity index (χ0) is 22.7. The summed E-state index contributed by atoms with van der Waals surface area (Å²) < 4.78 is 13.4. The Morgan fingerprint density at radius 1 is 1.09 bits per heavy atom. The van der Waals surface area contributed by atoms with E-state index in [0.717, 1.165) is 30.6 Å². The molecule has 1 saturated heterocycles. The summed E-state index contributed by atoms with van der Waals surface area (Å²) in [5.41, 5.74) is 1.70. The van der Waals surface area contributed by atoms with Crippen LogP contribution >= 0.6 is 11.8 Å². The number of thioether (sulfide) groups is 1. The van der Waals surface area contributed by atoms with Crippen LogP contribution < -0.4 is 10.2 Å². The smallest absolute Gasteiger partial charge is 0.250 e. The molecule has 0 radical (unpaired) electrons. The number of benzene rings is 2. The van der Waals surface area contributed by atoms with E-state index in [1.807, 2.05) is 12.1 Å². The molecule has 0 saturated carbocycles. The van der Waals surface area contributed by atoms with Crippen LogP contribution in [0.4, 0.5) is 15.8 Å². The molecular formula is C24H26FN3O3S. The maximum absolute atomic E-state index is 13.4. The lowest BCUT2D eigenvalue weighted by Gasteiger charge is -2.34. The highest BCUT2D eigenvalue weighted by Gasteiger charge is 2.40. The number of aryl methyl sites for hydroxylation is 1. The van der Waals surface area contributed by atoms with Crippen molar-refractivity contribution in [1.29, 1.82) is 0 Å². The molecular weight excluding hydrogens is 429 g/mol. The van der Waals surface area contributed by atoms with Crippen LogP contribution in [0, 0.1) is 12.7 Å². The molecule has 32 heavy (non-hydrogen) atoms. The van der Waals surface area contributed by atoms with E-state index in [-0.39, 0.29) is 24.2 Å². The third kappa shape index (κ3) is 4.80. The van der Waals surface area contributed by atoms with Gasteiger partial charge in [-0.1, -0.05) is 25.0 Å². The Labute approximate surface area is 191 Å². The van der Waals surface area contributed by atoms with Crippen LogP contribution in [0.3, 0.4) is 0 Å². The standard InChI is InChI=1S/C24H26FN3O3S/c1-16-14-17(25)10-11-18(16)26-21(29)15-28-19-8-4-5-9-20(19)32-22(24(28)31)23(30)27-12-6-2-3-7-13-27/h4-5,8-11,14,22H,2-3,6-7,12-13,15H2,1H3,(H,26,29)/t22-/m0/s1. The summed E-state index contributed by atoms with van der Waals surface area (Å²) in [4.78, 5) is 43.4. The molecule has 2 aliphatic rings. The first kappa shape index (κ1) is 22.3. The van der Waals surface area contributed by atoms with Crippen molar-refractivity contribution >= 4 is 40.9 Å². The Morgan fingerprint density at radius 3 is 2.53 bits per heavy atom. The maximum Gasteiger partial charge on any atom is 0.250 e. The summed E-state index contributed by atoms with van der Waals surface area (Å²) in [5, 5.41) is 1.85. The van der Waals surface area contributed by atoms with Gasteiger partial charge in [-0.3, -0.25) is 14.4 Å². The summed E-state index contributed by atoms with van der Waals surface area (Å²) in [5.74, 6) is -1.35. The van der Waals surface area contributed by atoms with E-state index in [1.165, 1.54) is 34.9 Å². The summed E-state index contributed by atoms with van der Waals surface area (Å²) in [6.07, 6.45) is 4.06. The van der Waals surface area contributed by atoms with Crippen LogP contribution in [0.1, 0.15) is 31.2 Å². The number of amides is 3. The lowest BCUT2D eigenvalue weighted by atomic mass is 10.2.